The zero-order valence-corrected chi connectivity index (χ0v) is 17.5. The highest BCUT2D eigenvalue weighted by atomic mass is 35.5. The van der Waals surface area contributed by atoms with Crippen molar-refractivity contribution in [2.75, 3.05) is 13.1 Å². The summed E-state index contributed by atoms with van der Waals surface area (Å²) in [7, 11) is 1.96. The van der Waals surface area contributed by atoms with Crippen molar-refractivity contribution in [3.63, 3.8) is 0 Å². The van der Waals surface area contributed by atoms with Crippen LogP contribution in [0.25, 0.3) is 11.0 Å². The fourth-order valence-corrected chi connectivity index (χ4v) is 3.52. The van der Waals surface area contributed by atoms with Gasteiger partial charge in [-0.15, -0.1) is 29.9 Å². The minimum atomic E-state index is -0.232. The standard InChI is InChI=1S/C18H23N7O.2ClH/c1-12(17-21-14-5-3-4-6-16(14)24(17)2)20-18(26)15-11-25(23-22-15)13-7-9-19-10-8-13;;/h3-6,11-13,19H,7-10H2,1-2H3,(H,20,26);2*1H. The molecule has 8 nitrogen and oxygen atoms in total. The van der Waals surface area contributed by atoms with Crippen LogP contribution in [0.4, 0.5) is 0 Å². The molecule has 152 valence electrons. The van der Waals surface area contributed by atoms with Gasteiger partial charge in [-0.1, -0.05) is 17.3 Å². The largest absolute Gasteiger partial charge is 0.341 e. The Morgan fingerprint density at radius 1 is 1.25 bits per heavy atom. The third kappa shape index (κ3) is 4.29. The van der Waals surface area contributed by atoms with Gasteiger partial charge >= 0.3 is 0 Å². The number of hydrogen-bond acceptors (Lipinski definition) is 5. The monoisotopic (exact) mass is 425 g/mol. The van der Waals surface area contributed by atoms with E-state index in [4.69, 9.17) is 0 Å². The van der Waals surface area contributed by atoms with E-state index < -0.39 is 0 Å². The first kappa shape index (κ1) is 22.1. The molecule has 28 heavy (non-hydrogen) atoms. The van der Waals surface area contributed by atoms with Gasteiger partial charge in [0, 0.05) is 7.05 Å². The van der Waals surface area contributed by atoms with Gasteiger partial charge in [0.2, 0.25) is 0 Å². The van der Waals surface area contributed by atoms with Gasteiger partial charge in [-0.25, -0.2) is 9.67 Å². The molecule has 1 fully saturated rings. The van der Waals surface area contributed by atoms with Gasteiger partial charge in [0.15, 0.2) is 5.69 Å². The molecule has 1 aliphatic rings. The lowest BCUT2D eigenvalue weighted by molar-refractivity contribution is 0.0932. The van der Waals surface area contributed by atoms with Crippen molar-refractivity contribution in [1.29, 1.82) is 0 Å². The van der Waals surface area contributed by atoms with Crippen LogP contribution < -0.4 is 10.6 Å². The zero-order valence-electron chi connectivity index (χ0n) is 15.8. The molecule has 1 unspecified atom stereocenters. The summed E-state index contributed by atoms with van der Waals surface area (Å²) in [6, 6.07) is 8.01. The third-order valence-electron chi connectivity index (χ3n) is 4.98. The number of nitrogens with one attached hydrogen (secondary N) is 2. The highest BCUT2D eigenvalue weighted by Gasteiger charge is 2.21. The van der Waals surface area contributed by atoms with E-state index in [9.17, 15) is 4.79 Å². The van der Waals surface area contributed by atoms with Crippen molar-refractivity contribution in [3.05, 3.63) is 42.0 Å². The van der Waals surface area contributed by atoms with E-state index in [2.05, 4.69) is 25.9 Å². The van der Waals surface area contributed by atoms with Gasteiger partial charge in [0.05, 0.1) is 29.3 Å². The van der Waals surface area contributed by atoms with Gasteiger partial charge in [-0.05, 0) is 45.0 Å². The second kappa shape index (κ2) is 9.36. The summed E-state index contributed by atoms with van der Waals surface area (Å²) in [5, 5.41) is 14.5. The summed E-state index contributed by atoms with van der Waals surface area (Å²) in [6.07, 6.45) is 3.74. The Balaban J connectivity index is 0.00000140. The number of rotatable bonds is 4. The molecule has 3 heterocycles. The Hall–Kier alpha value is -2.16. The summed E-state index contributed by atoms with van der Waals surface area (Å²) < 4.78 is 3.82. The second-order valence-electron chi connectivity index (χ2n) is 6.78. The average Bonchev–Trinajstić information content (AvgIpc) is 3.28. The van der Waals surface area contributed by atoms with Crippen molar-refractivity contribution in [1.82, 2.24) is 35.2 Å². The van der Waals surface area contributed by atoms with Crippen LogP contribution >= 0.6 is 24.8 Å². The Bertz CT molecular complexity index is 933. The van der Waals surface area contributed by atoms with E-state index in [1.54, 1.807) is 6.20 Å². The van der Waals surface area contributed by atoms with Crippen LogP contribution in [0.1, 0.15) is 48.2 Å². The molecular formula is C18H25Cl2N7O. The SMILES string of the molecule is CC(NC(=O)c1cn(C2CCNCC2)nn1)c1nc2ccccc2n1C.Cl.Cl. The number of carbonyl (C=O) groups excluding carboxylic acids is 1. The highest BCUT2D eigenvalue weighted by Crippen LogP contribution is 2.20. The topological polar surface area (TPSA) is 89.7 Å². The van der Waals surface area contributed by atoms with Gasteiger partial charge < -0.3 is 15.2 Å². The number of halogens is 2. The van der Waals surface area contributed by atoms with Gasteiger partial charge in [-0.2, -0.15) is 0 Å². The lowest BCUT2D eigenvalue weighted by Gasteiger charge is -2.22. The summed E-state index contributed by atoms with van der Waals surface area (Å²) >= 11 is 0. The number of benzene rings is 1. The first-order valence-electron chi connectivity index (χ1n) is 8.98. The molecule has 0 saturated carbocycles. The second-order valence-corrected chi connectivity index (χ2v) is 6.78. The Kier molecular flexibility index (Phi) is 7.40. The van der Waals surface area contributed by atoms with Crippen LogP contribution in [0.2, 0.25) is 0 Å². The number of amides is 1. The van der Waals surface area contributed by atoms with Crippen molar-refractivity contribution < 1.29 is 4.79 Å². The van der Waals surface area contributed by atoms with Crippen LogP contribution in [0.15, 0.2) is 30.5 Å². The van der Waals surface area contributed by atoms with E-state index in [-0.39, 0.29) is 36.8 Å². The Labute approximate surface area is 175 Å². The number of hydrogen-bond donors (Lipinski definition) is 2. The van der Waals surface area contributed by atoms with E-state index in [0.29, 0.717) is 11.7 Å². The molecule has 0 spiro atoms. The Morgan fingerprint density at radius 2 is 1.96 bits per heavy atom. The quantitative estimate of drug-likeness (QED) is 0.669. The molecule has 3 aromatic rings. The van der Waals surface area contributed by atoms with Crippen LogP contribution in [-0.4, -0.2) is 43.5 Å². The molecule has 1 aromatic carbocycles. The lowest BCUT2D eigenvalue weighted by atomic mass is 10.1. The molecule has 2 aromatic heterocycles. The molecular weight excluding hydrogens is 401 g/mol. The fourth-order valence-electron chi connectivity index (χ4n) is 3.52. The number of aryl methyl sites for hydroxylation is 1. The smallest absolute Gasteiger partial charge is 0.274 e. The molecule has 1 amide bonds. The van der Waals surface area contributed by atoms with Crippen molar-refractivity contribution in [2.45, 2.75) is 31.8 Å². The first-order chi connectivity index (χ1) is 12.6. The molecule has 1 saturated heterocycles. The summed E-state index contributed by atoms with van der Waals surface area (Å²) in [5.74, 6) is 0.579. The van der Waals surface area contributed by atoms with E-state index in [1.807, 2.05) is 47.5 Å². The highest BCUT2D eigenvalue weighted by molar-refractivity contribution is 5.92. The molecule has 10 heteroatoms. The summed E-state index contributed by atoms with van der Waals surface area (Å²) in [6.45, 7) is 3.86. The summed E-state index contributed by atoms with van der Waals surface area (Å²) in [4.78, 5) is 17.2. The number of piperidine rings is 1. The maximum atomic E-state index is 12.6. The lowest BCUT2D eigenvalue weighted by Crippen LogP contribution is -2.30. The zero-order chi connectivity index (χ0) is 18.1. The minimum absolute atomic E-state index is 0. The molecule has 1 aliphatic heterocycles. The van der Waals surface area contributed by atoms with E-state index in [1.165, 1.54) is 0 Å². The number of imidazole rings is 1. The summed E-state index contributed by atoms with van der Waals surface area (Å²) in [5.41, 5.74) is 2.30. The number of aromatic nitrogens is 5. The Morgan fingerprint density at radius 3 is 2.68 bits per heavy atom. The van der Waals surface area contributed by atoms with E-state index >= 15 is 0 Å². The van der Waals surface area contributed by atoms with Crippen molar-refractivity contribution >= 4 is 41.8 Å². The van der Waals surface area contributed by atoms with Crippen LogP contribution in [0.5, 0.6) is 0 Å². The molecule has 1 atom stereocenters. The van der Waals surface area contributed by atoms with Crippen molar-refractivity contribution in [2.24, 2.45) is 7.05 Å². The van der Waals surface area contributed by atoms with Gasteiger partial charge in [-0.3, -0.25) is 4.79 Å². The molecule has 0 radical (unpaired) electrons. The number of para-hydroxylation sites is 2. The van der Waals surface area contributed by atoms with E-state index in [0.717, 1.165) is 42.8 Å². The van der Waals surface area contributed by atoms with Gasteiger partial charge in [0.1, 0.15) is 5.82 Å². The third-order valence-corrected chi connectivity index (χ3v) is 4.98. The first-order valence-corrected chi connectivity index (χ1v) is 8.98. The molecule has 2 N–H and O–H groups in total. The number of fused-ring (bicyclic) bond motifs is 1. The maximum Gasteiger partial charge on any atom is 0.274 e. The minimum Gasteiger partial charge on any atom is -0.341 e. The van der Waals surface area contributed by atoms with Crippen LogP contribution in [0, 0.1) is 0 Å². The normalized spacial score (nSPS) is 15.5. The average molecular weight is 426 g/mol. The molecule has 0 bridgehead atoms. The van der Waals surface area contributed by atoms with Gasteiger partial charge in [0.25, 0.3) is 5.91 Å². The maximum absolute atomic E-state index is 12.6. The molecule has 0 aliphatic carbocycles. The van der Waals surface area contributed by atoms with Crippen LogP contribution in [0.3, 0.4) is 0 Å². The number of carbonyl (C=O) groups is 1. The fraction of sp³-hybridized carbons (Fsp3) is 0.444. The predicted octanol–water partition coefficient (Wildman–Crippen LogP) is 2.42. The number of nitrogens with zero attached hydrogens (tertiary/aromatic N) is 5. The predicted molar refractivity (Wildman–Crippen MR) is 112 cm³/mol. The van der Waals surface area contributed by atoms with Crippen molar-refractivity contribution in [3.8, 4) is 0 Å². The van der Waals surface area contributed by atoms with Crippen LogP contribution in [-0.2, 0) is 7.05 Å². The molecule has 4 rings (SSSR count).